The topological polar surface area (TPSA) is 101 Å². The standard InChI is InChI=1S/C20H16N4O4S2/c25-17(21-14-7-2-8-15-18(14)23-28-22-15)10-3-11-24-19(26)16(30-20(24)29)9-1-5-13-6-4-12-27-13/h1-2,4-9,12H,3,10-11H2,(H,21,25). The molecule has 2 aromatic heterocycles. The molecule has 1 aliphatic heterocycles. The zero-order valence-electron chi connectivity index (χ0n) is 15.6. The Labute approximate surface area is 180 Å². The predicted octanol–water partition coefficient (Wildman–Crippen LogP) is 3.99. The second kappa shape index (κ2) is 9.06. The van der Waals surface area contributed by atoms with Crippen molar-refractivity contribution in [1.82, 2.24) is 15.2 Å². The highest BCUT2D eigenvalue weighted by Gasteiger charge is 2.31. The number of benzene rings is 1. The van der Waals surface area contributed by atoms with E-state index in [0.717, 1.165) is 0 Å². The molecule has 152 valence electrons. The summed E-state index contributed by atoms with van der Waals surface area (Å²) < 4.78 is 10.4. The van der Waals surface area contributed by atoms with Gasteiger partial charge < -0.3 is 9.73 Å². The molecule has 0 saturated carbocycles. The number of allylic oxidation sites excluding steroid dienone is 2. The Hall–Kier alpha value is -3.24. The molecular weight excluding hydrogens is 424 g/mol. The van der Waals surface area contributed by atoms with Crippen LogP contribution >= 0.6 is 24.0 Å². The second-order valence-electron chi connectivity index (χ2n) is 6.32. The van der Waals surface area contributed by atoms with Crippen molar-refractivity contribution in [3.05, 3.63) is 59.4 Å². The Kier molecular flexibility index (Phi) is 6.05. The van der Waals surface area contributed by atoms with E-state index in [0.29, 0.717) is 44.7 Å². The Morgan fingerprint density at radius 2 is 2.17 bits per heavy atom. The van der Waals surface area contributed by atoms with Crippen LogP contribution in [-0.4, -0.2) is 37.9 Å². The maximum Gasteiger partial charge on any atom is 0.266 e. The molecule has 1 saturated heterocycles. The lowest BCUT2D eigenvalue weighted by molar-refractivity contribution is -0.122. The molecule has 3 heterocycles. The van der Waals surface area contributed by atoms with Crippen molar-refractivity contribution >= 4 is 62.9 Å². The van der Waals surface area contributed by atoms with Crippen molar-refractivity contribution in [2.24, 2.45) is 0 Å². The van der Waals surface area contributed by atoms with E-state index in [4.69, 9.17) is 21.3 Å². The van der Waals surface area contributed by atoms with Crippen LogP contribution in [0.5, 0.6) is 0 Å². The summed E-state index contributed by atoms with van der Waals surface area (Å²) in [4.78, 5) is 26.9. The van der Waals surface area contributed by atoms with E-state index < -0.39 is 0 Å². The van der Waals surface area contributed by atoms with Gasteiger partial charge in [-0.05, 0) is 53.2 Å². The summed E-state index contributed by atoms with van der Waals surface area (Å²) in [7, 11) is 0. The van der Waals surface area contributed by atoms with Gasteiger partial charge in [-0.25, -0.2) is 4.63 Å². The lowest BCUT2D eigenvalue weighted by Gasteiger charge is -2.14. The Bertz CT molecular complexity index is 1150. The number of nitrogens with zero attached hydrogens (tertiary/aromatic N) is 3. The number of anilines is 1. The monoisotopic (exact) mass is 440 g/mol. The zero-order valence-corrected chi connectivity index (χ0v) is 17.2. The third-order valence-corrected chi connectivity index (χ3v) is 5.67. The minimum absolute atomic E-state index is 0.159. The Morgan fingerprint density at radius 3 is 3.00 bits per heavy atom. The molecule has 0 bridgehead atoms. The molecule has 4 rings (SSSR count). The van der Waals surface area contributed by atoms with Gasteiger partial charge in [0.05, 0.1) is 16.9 Å². The SMILES string of the molecule is O=C(CCCN1C(=O)C(=CC=Cc2ccco2)SC1=S)Nc1cccc2nonc12. The van der Waals surface area contributed by atoms with Crippen LogP contribution in [0.3, 0.4) is 0 Å². The highest BCUT2D eigenvalue weighted by molar-refractivity contribution is 8.26. The third kappa shape index (κ3) is 4.50. The first-order valence-electron chi connectivity index (χ1n) is 9.08. The quantitative estimate of drug-likeness (QED) is 0.435. The van der Waals surface area contributed by atoms with Gasteiger partial charge in [-0.2, -0.15) is 0 Å². The number of furan rings is 1. The van der Waals surface area contributed by atoms with Crippen LogP contribution in [0.1, 0.15) is 18.6 Å². The van der Waals surface area contributed by atoms with Crippen molar-refractivity contribution in [3.8, 4) is 0 Å². The van der Waals surface area contributed by atoms with Crippen molar-refractivity contribution in [2.45, 2.75) is 12.8 Å². The number of amides is 2. The maximum absolute atomic E-state index is 12.6. The highest BCUT2D eigenvalue weighted by Crippen LogP contribution is 2.31. The summed E-state index contributed by atoms with van der Waals surface area (Å²) in [5.41, 5.74) is 1.60. The molecule has 0 atom stereocenters. The number of carbonyl (C=O) groups is 2. The molecule has 30 heavy (non-hydrogen) atoms. The van der Waals surface area contributed by atoms with Gasteiger partial charge in [-0.3, -0.25) is 14.5 Å². The number of hydrogen-bond donors (Lipinski definition) is 1. The number of hydrogen-bond acceptors (Lipinski definition) is 8. The molecule has 1 aliphatic rings. The van der Waals surface area contributed by atoms with Crippen LogP contribution in [0.25, 0.3) is 17.1 Å². The lowest BCUT2D eigenvalue weighted by Crippen LogP contribution is -2.29. The fourth-order valence-corrected chi connectivity index (χ4v) is 4.10. The van der Waals surface area contributed by atoms with Crippen molar-refractivity contribution in [3.63, 3.8) is 0 Å². The predicted molar refractivity (Wildman–Crippen MR) is 117 cm³/mol. The zero-order chi connectivity index (χ0) is 20.9. The molecule has 0 aliphatic carbocycles. The van der Waals surface area contributed by atoms with Gasteiger partial charge in [0, 0.05) is 13.0 Å². The summed E-state index contributed by atoms with van der Waals surface area (Å²) in [6.45, 7) is 0.368. The van der Waals surface area contributed by atoms with Gasteiger partial charge >= 0.3 is 0 Å². The first-order chi connectivity index (χ1) is 14.6. The number of thioether (sulfide) groups is 1. The Morgan fingerprint density at radius 1 is 1.27 bits per heavy atom. The van der Waals surface area contributed by atoms with Crippen molar-refractivity contribution in [2.75, 3.05) is 11.9 Å². The summed E-state index contributed by atoms with van der Waals surface area (Å²) in [6, 6.07) is 8.84. The van der Waals surface area contributed by atoms with Crippen molar-refractivity contribution < 1.29 is 18.6 Å². The average molecular weight is 441 g/mol. The second-order valence-corrected chi connectivity index (χ2v) is 8.00. The van der Waals surface area contributed by atoms with Crippen LogP contribution in [-0.2, 0) is 9.59 Å². The molecule has 1 N–H and O–H groups in total. The first kappa shape index (κ1) is 20.0. The normalized spacial score (nSPS) is 15.7. The van der Waals surface area contributed by atoms with E-state index in [2.05, 4.69) is 15.6 Å². The molecule has 1 aromatic carbocycles. The van der Waals surface area contributed by atoms with Crippen LogP contribution < -0.4 is 5.32 Å². The number of aromatic nitrogens is 2. The lowest BCUT2D eigenvalue weighted by atomic mass is 10.2. The van der Waals surface area contributed by atoms with E-state index in [-0.39, 0.29) is 18.2 Å². The van der Waals surface area contributed by atoms with Crippen LogP contribution in [0.15, 0.2) is 62.7 Å². The van der Waals surface area contributed by atoms with Gasteiger partial charge in [0.2, 0.25) is 5.91 Å². The fourth-order valence-electron chi connectivity index (χ4n) is 2.84. The number of thiocarbonyl (C=S) groups is 1. The number of fused-ring (bicyclic) bond motifs is 1. The molecule has 3 aromatic rings. The molecular formula is C20H16N4O4S2. The van der Waals surface area contributed by atoms with Crippen LogP contribution in [0.4, 0.5) is 5.69 Å². The first-order valence-corrected chi connectivity index (χ1v) is 10.3. The van der Waals surface area contributed by atoms with Gasteiger partial charge in [0.15, 0.2) is 5.52 Å². The molecule has 10 heteroatoms. The minimum Gasteiger partial charge on any atom is -0.465 e. The van der Waals surface area contributed by atoms with Gasteiger partial charge in [-0.15, -0.1) is 0 Å². The summed E-state index contributed by atoms with van der Waals surface area (Å²) in [6.07, 6.45) is 7.51. The fraction of sp³-hybridized carbons (Fsp3) is 0.150. The van der Waals surface area contributed by atoms with Gasteiger partial charge in [-0.1, -0.05) is 36.1 Å². The number of nitrogens with one attached hydrogen (secondary N) is 1. The van der Waals surface area contributed by atoms with Crippen LogP contribution in [0, 0.1) is 0 Å². The molecule has 2 amide bonds. The summed E-state index contributed by atoms with van der Waals surface area (Å²) >= 11 is 6.55. The highest BCUT2D eigenvalue weighted by atomic mass is 32.2. The number of carbonyl (C=O) groups excluding carboxylic acids is 2. The van der Waals surface area contributed by atoms with E-state index >= 15 is 0 Å². The smallest absolute Gasteiger partial charge is 0.266 e. The Balaban J connectivity index is 1.29. The molecule has 0 spiro atoms. The summed E-state index contributed by atoms with van der Waals surface area (Å²) in [5.74, 6) is 0.352. The van der Waals surface area contributed by atoms with E-state index in [9.17, 15) is 9.59 Å². The molecule has 8 nitrogen and oxygen atoms in total. The number of rotatable bonds is 7. The van der Waals surface area contributed by atoms with Crippen LogP contribution in [0.2, 0.25) is 0 Å². The summed E-state index contributed by atoms with van der Waals surface area (Å²) in [5, 5.41) is 10.3. The molecule has 0 unspecified atom stereocenters. The van der Waals surface area contributed by atoms with Gasteiger partial charge in [0.1, 0.15) is 15.6 Å². The van der Waals surface area contributed by atoms with E-state index in [1.54, 1.807) is 48.8 Å². The van der Waals surface area contributed by atoms with Gasteiger partial charge in [0.25, 0.3) is 5.91 Å². The third-order valence-electron chi connectivity index (χ3n) is 4.27. The molecule has 0 radical (unpaired) electrons. The largest absolute Gasteiger partial charge is 0.465 e. The molecule has 1 fully saturated rings. The maximum atomic E-state index is 12.6. The van der Waals surface area contributed by atoms with E-state index in [1.807, 2.05) is 6.07 Å². The minimum atomic E-state index is -0.187. The average Bonchev–Trinajstić information content (AvgIpc) is 3.46. The van der Waals surface area contributed by atoms with E-state index in [1.165, 1.54) is 16.7 Å². The van der Waals surface area contributed by atoms with Crippen molar-refractivity contribution in [1.29, 1.82) is 0 Å².